The first-order valence-electron chi connectivity index (χ1n) is 6.89. The van der Waals surface area contributed by atoms with E-state index in [-0.39, 0.29) is 0 Å². The van der Waals surface area contributed by atoms with Crippen molar-refractivity contribution in [3.8, 4) is 5.82 Å². The fraction of sp³-hybridized carbons (Fsp3) is 0.417. The van der Waals surface area contributed by atoms with E-state index in [4.69, 9.17) is 4.74 Å². The third-order valence-electron chi connectivity index (χ3n) is 3.81. The van der Waals surface area contributed by atoms with E-state index in [9.17, 15) is 15.3 Å². The van der Waals surface area contributed by atoms with Crippen LogP contribution in [0.2, 0.25) is 0 Å². The summed E-state index contributed by atoms with van der Waals surface area (Å²) in [6.07, 6.45) is 0.298. The Morgan fingerprint density at radius 2 is 2.09 bits per heavy atom. The number of aliphatic hydroxyl groups excluding tert-OH is 3. The predicted octanol–water partition coefficient (Wildman–Crippen LogP) is -1.91. The molecule has 0 aliphatic carbocycles. The zero-order valence-electron chi connectivity index (χ0n) is 11.7. The second-order valence-electron chi connectivity index (χ2n) is 5.14. The zero-order valence-corrected chi connectivity index (χ0v) is 11.7. The molecule has 1 aliphatic rings. The maximum Gasteiger partial charge on any atom is 0.186 e. The van der Waals surface area contributed by atoms with E-state index in [1.54, 1.807) is 6.20 Å². The number of aromatic nitrogens is 7. The molecule has 120 valence electrons. The van der Waals surface area contributed by atoms with Crippen LogP contribution in [0.1, 0.15) is 11.8 Å². The Labute approximate surface area is 128 Å². The lowest BCUT2D eigenvalue weighted by Crippen LogP contribution is -2.32. The summed E-state index contributed by atoms with van der Waals surface area (Å²) in [7, 11) is 0. The fourth-order valence-corrected chi connectivity index (χ4v) is 2.66. The van der Waals surface area contributed by atoms with Gasteiger partial charge in [-0.15, -0.1) is 5.10 Å². The van der Waals surface area contributed by atoms with Crippen molar-refractivity contribution >= 4 is 11.0 Å². The molecule has 4 heterocycles. The van der Waals surface area contributed by atoms with Crippen LogP contribution in [0.15, 0.2) is 18.7 Å². The first-order valence-corrected chi connectivity index (χ1v) is 6.89. The molecule has 0 unspecified atom stereocenters. The molecule has 4 atom stereocenters. The molecular formula is C12H13N7O4. The SMILES string of the molecule is OC[C@H]1O[C@@H](c2[nH]nc3c(-n4ccnn4)ncnc23)[C@H](O)[C@@H]1O. The maximum absolute atomic E-state index is 10.1. The Morgan fingerprint density at radius 3 is 2.78 bits per heavy atom. The van der Waals surface area contributed by atoms with Gasteiger partial charge >= 0.3 is 0 Å². The molecule has 0 spiro atoms. The monoisotopic (exact) mass is 319 g/mol. The van der Waals surface area contributed by atoms with Gasteiger partial charge in [0.05, 0.1) is 24.7 Å². The number of hydrogen-bond donors (Lipinski definition) is 4. The van der Waals surface area contributed by atoms with Crippen LogP contribution in [0.3, 0.4) is 0 Å². The minimum absolute atomic E-state index is 0.395. The molecule has 0 amide bonds. The summed E-state index contributed by atoms with van der Waals surface area (Å²) in [5.74, 6) is 0.418. The van der Waals surface area contributed by atoms with Gasteiger partial charge < -0.3 is 20.1 Å². The predicted molar refractivity (Wildman–Crippen MR) is 73.3 cm³/mol. The third-order valence-corrected chi connectivity index (χ3v) is 3.81. The molecule has 1 saturated heterocycles. The van der Waals surface area contributed by atoms with Gasteiger partial charge in [-0.3, -0.25) is 5.10 Å². The van der Waals surface area contributed by atoms with Crippen molar-refractivity contribution in [2.45, 2.75) is 24.4 Å². The van der Waals surface area contributed by atoms with E-state index in [0.29, 0.717) is 22.5 Å². The minimum atomic E-state index is -1.21. The highest BCUT2D eigenvalue weighted by Gasteiger charge is 2.44. The van der Waals surface area contributed by atoms with Crippen molar-refractivity contribution in [1.29, 1.82) is 0 Å². The molecule has 0 radical (unpaired) electrons. The van der Waals surface area contributed by atoms with Gasteiger partial charge in [-0.2, -0.15) is 9.78 Å². The molecule has 4 N–H and O–H groups in total. The van der Waals surface area contributed by atoms with Gasteiger partial charge in [0.2, 0.25) is 0 Å². The molecular weight excluding hydrogens is 306 g/mol. The van der Waals surface area contributed by atoms with Gasteiger partial charge in [0.25, 0.3) is 0 Å². The van der Waals surface area contributed by atoms with Crippen LogP contribution >= 0.6 is 0 Å². The van der Waals surface area contributed by atoms with Crippen LogP contribution in [0.4, 0.5) is 0 Å². The highest BCUT2D eigenvalue weighted by Crippen LogP contribution is 2.35. The summed E-state index contributed by atoms with van der Waals surface area (Å²) in [4.78, 5) is 8.29. The largest absolute Gasteiger partial charge is 0.394 e. The number of fused-ring (bicyclic) bond motifs is 1. The van der Waals surface area contributed by atoms with Gasteiger partial charge in [0.15, 0.2) is 11.3 Å². The summed E-state index contributed by atoms with van der Waals surface area (Å²) in [5, 5.41) is 43.7. The number of aliphatic hydroxyl groups is 3. The number of aromatic amines is 1. The van der Waals surface area contributed by atoms with Crippen molar-refractivity contribution < 1.29 is 20.1 Å². The van der Waals surface area contributed by atoms with E-state index < -0.39 is 31.0 Å². The number of hydrogen-bond acceptors (Lipinski definition) is 9. The summed E-state index contributed by atoms with van der Waals surface area (Å²) in [6, 6.07) is 0. The highest BCUT2D eigenvalue weighted by atomic mass is 16.6. The highest BCUT2D eigenvalue weighted by molar-refractivity contribution is 5.83. The second-order valence-corrected chi connectivity index (χ2v) is 5.14. The Hall–Kier alpha value is -2.47. The van der Waals surface area contributed by atoms with Gasteiger partial charge in [-0.1, -0.05) is 5.21 Å². The summed E-state index contributed by atoms with van der Waals surface area (Å²) in [5.41, 5.74) is 1.25. The molecule has 3 aromatic rings. The van der Waals surface area contributed by atoms with Crippen LogP contribution in [0.5, 0.6) is 0 Å². The van der Waals surface area contributed by atoms with Crippen molar-refractivity contribution in [2.24, 2.45) is 0 Å². The van der Waals surface area contributed by atoms with Crippen molar-refractivity contribution in [3.63, 3.8) is 0 Å². The molecule has 23 heavy (non-hydrogen) atoms. The number of ether oxygens (including phenoxy) is 1. The lowest BCUT2D eigenvalue weighted by Gasteiger charge is -2.12. The zero-order chi connectivity index (χ0) is 16.0. The fourth-order valence-electron chi connectivity index (χ4n) is 2.66. The second kappa shape index (κ2) is 5.31. The van der Waals surface area contributed by atoms with Crippen LogP contribution in [-0.4, -0.2) is 75.4 Å². The van der Waals surface area contributed by atoms with E-state index in [1.807, 2.05) is 0 Å². The van der Waals surface area contributed by atoms with Crippen LogP contribution in [-0.2, 0) is 4.74 Å². The smallest absolute Gasteiger partial charge is 0.186 e. The maximum atomic E-state index is 10.1. The van der Waals surface area contributed by atoms with E-state index in [1.165, 1.54) is 17.2 Å². The Kier molecular flexibility index (Phi) is 3.27. The van der Waals surface area contributed by atoms with Gasteiger partial charge in [0.1, 0.15) is 36.3 Å². The Bertz CT molecular complexity index is 820. The topological polar surface area (TPSA) is 155 Å². The van der Waals surface area contributed by atoms with Crippen LogP contribution < -0.4 is 0 Å². The molecule has 1 fully saturated rings. The average Bonchev–Trinajstić information content (AvgIpc) is 3.28. The van der Waals surface area contributed by atoms with Gasteiger partial charge in [-0.25, -0.2) is 9.97 Å². The summed E-state index contributed by atoms with van der Waals surface area (Å²) < 4.78 is 6.94. The Balaban J connectivity index is 1.80. The molecule has 0 bridgehead atoms. The van der Waals surface area contributed by atoms with E-state index in [0.717, 1.165) is 0 Å². The number of nitrogens with zero attached hydrogens (tertiary/aromatic N) is 6. The average molecular weight is 319 g/mol. The lowest BCUT2D eigenvalue weighted by molar-refractivity contribution is -0.0236. The number of rotatable bonds is 3. The first kappa shape index (κ1) is 14.1. The van der Waals surface area contributed by atoms with Crippen molar-refractivity contribution in [1.82, 2.24) is 35.2 Å². The van der Waals surface area contributed by atoms with E-state index >= 15 is 0 Å². The number of nitrogens with one attached hydrogen (secondary N) is 1. The quantitative estimate of drug-likeness (QED) is 0.432. The van der Waals surface area contributed by atoms with Crippen molar-refractivity contribution in [3.05, 3.63) is 24.4 Å². The minimum Gasteiger partial charge on any atom is -0.394 e. The molecule has 3 aromatic heterocycles. The molecule has 4 rings (SSSR count). The summed E-state index contributed by atoms with van der Waals surface area (Å²) >= 11 is 0. The lowest BCUT2D eigenvalue weighted by atomic mass is 10.1. The molecule has 0 aromatic carbocycles. The van der Waals surface area contributed by atoms with E-state index in [2.05, 4.69) is 30.5 Å². The number of H-pyrrole nitrogens is 1. The van der Waals surface area contributed by atoms with Gasteiger partial charge in [-0.05, 0) is 0 Å². The van der Waals surface area contributed by atoms with Crippen LogP contribution in [0.25, 0.3) is 16.9 Å². The Morgan fingerprint density at radius 1 is 1.22 bits per heavy atom. The summed E-state index contributed by atoms with van der Waals surface area (Å²) in [6.45, 7) is -0.403. The molecule has 11 nitrogen and oxygen atoms in total. The normalized spacial score (nSPS) is 27.8. The third kappa shape index (κ3) is 2.09. The molecule has 1 aliphatic heterocycles. The first-order chi connectivity index (χ1) is 11.2. The standard InChI is InChI=1S/C12H13N7O4/c20-3-5-9(21)10(22)11(23-5)7-6-8(17-16-7)12(14-4-13-6)19-2-1-15-18-19/h1-2,4-5,9-11,20-22H,3H2,(H,16,17)/t5-,9-,10-,11+/m1/s1. The molecule has 11 heteroatoms. The molecule has 0 saturated carbocycles. The van der Waals surface area contributed by atoms with Gasteiger partial charge in [0, 0.05) is 0 Å². The van der Waals surface area contributed by atoms with Crippen LogP contribution in [0, 0.1) is 0 Å². The van der Waals surface area contributed by atoms with Crippen molar-refractivity contribution in [2.75, 3.05) is 6.61 Å².